The number of nitrogens with zero attached hydrogens (tertiary/aromatic N) is 4. The van der Waals surface area contributed by atoms with Crippen molar-refractivity contribution < 1.29 is 0 Å². The van der Waals surface area contributed by atoms with Gasteiger partial charge in [-0.05, 0) is 43.7 Å². The van der Waals surface area contributed by atoms with E-state index in [1.54, 1.807) is 0 Å². The van der Waals surface area contributed by atoms with Crippen LogP contribution in [0.3, 0.4) is 0 Å². The molecule has 0 saturated carbocycles. The average molecular weight is 287 g/mol. The van der Waals surface area contributed by atoms with Crippen LogP contribution < -0.4 is 10.6 Å². The highest BCUT2D eigenvalue weighted by Gasteiger charge is 2.13. The molecule has 0 aromatic carbocycles. The van der Waals surface area contributed by atoms with Crippen LogP contribution in [0, 0.1) is 0 Å². The van der Waals surface area contributed by atoms with Crippen molar-refractivity contribution in [1.29, 1.82) is 0 Å². The number of pyridine rings is 1. The SMILES string of the molecule is NC(=NCc1ccc(N2CCCC2)nc1)N1CCCCC1. The lowest BCUT2D eigenvalue weighted by atomic mass is 10.1. The van der Waals surface area contributed by atoms with Gasteiger partial charge >= 0.3 is 0 Å². The summed E-state index contributed by atoms with van der Waals surface area (Å²) in [6, 6.07) is 4.22. The number of likely N-dealkylation sites (tertiary alicyclic amines) is 1. The normalized spacial score (nSPS) is 20.1. The summed E-state index contributed by atoms with van der Waals surface area (Å²) in [6.07, 6.45) is 8.25. The van der Waals surface area contributed by atoms with E-state index in [1.165, 1.54) is 32.1 Å². The van der Waals surface area contributed by atoms with Gasteiger partial charge in [0.05, 0.1) is 6.54 Å². The van der Waals surface area contributed by atoms with E-state index in [-0.39, 0.29) is 0 Å². The molecule has 1 aromatic rings. The molecule has 2 N–H and O–H groups in total. The monoisotopic (exact) mass is 287 g/mol. The first-order valence-electron chi connectivity index (χ1n) is 8.08. The molecule has 114 valence electrons. The fraction of sp³-hybridized carbons (Fsp3) is 0.625. The van der Waals surface area contributed by atoms with Crippen molar-refractivity contribution in [2.24, 2.45) is 10.7 Å². The summed E-state index contributed by atoms with van der Waals surface area (Å²) in [4.78, 5) is 13.6. The van der Waals surface area contributed by atoms with Gasteiger partial charge < -0.3 is 15.5 Å². The van der Waals surface area contributed by atoms with Crippen LogP contribution in [-0.4, -0.2) is 42.0 Å². The molecule has 0 atom stereocenters. The van der Waals surface area contributed by atoms with Gasteiger partial charge in [0.2, 0.25) is 0 Å². The Balaban J connectivity index is 1.57. The van der Waals surface area contributed by atoms with Gasteiger partial charge in [0.15, 0.2) is 5.96 Å². The van der Waals surface area contributed by atoms with E-state index in [2.05, 4.69) is 31.9 Å². The first kappa shape index (κ1) is 14.2. The Morgan fingerprint density at radius 2 is 1.76 bits per heavy atom. The maximum absolute atomic E-state index is 6.07. The van der Waals surface area contributed by atoms with E-state index in [9.17, 15) is 0 Å². The zero-order valence-corrected chi connectivity index (χ0v) is 12.7. The van der Waals surface area contributed by atoms with Crippen LogP contribution >= 0.6 is 0 Å². The maximum atomic E-state index is 6.07. The Labute approximate surface area is 126 Å². The minimum absolute atomic E-state index is 0.621. The molecule has 2 aliphatic rings. The van der Waals surface area contributed by atoms with Gasteiger partial charge in [0, 0.05) is 32.4 Å². The topological polar surface area (TPSA) is 57.8 Å². The molecule has 5 nitrogen and oxygen atoms in total. The number of piperidine rings is 1. The van der Waals surface area contributed by atoms with Crippen LogP contribution in [0.25, 0.3) is 0 Å². The highest BCUT2D eigenvalue weighted by atomic mass is 15.3. The molecular weight excluding hydrogens is 262 g/mol. The Morgan fingerprint density at radius 3 is 2.43 bits per heavy atom. The van der Waals surface area contributed by atoms with Gasteiger partial charge in [-0.3, -0.25) is 0 Å². The molecule has 5 heteroatoms. The largest absolute Gasteiger partial charge is 0.370 e. The number of aromatic nitrogens is 1. The van der Waals surface area contributed by atoms with E-state index >= 15 is 0 Å². The number of guanidine groups is 1. The van der Waals surface area contributed by atoms with E-state index in [1.807, 2.05) is 6.20 Å². The summed E-state index contributed by atoms with van der Waals surface area (Å²) in [5.41, 5.74) is 7.20. The third-order valence-corrected chi connectivity index (χ3v) is 4.34. The Kier molecular flexibility index (Phi) is 4.58. The van der Waals surface area contributed by atoms with Crippen molar-refractivity contribution in [2.75, 3.05) is 31.1 Å². The molecule has 1 aromatic heterocycles. The number of nitrogens with two attached hydrogens (primary N) is 1. The van der Waals surface area contributed by atoms with Gasteiger partial charge in [0.1, 0.15) is 5.82 Å². The minimum Gasteiger partial charge on any atom is -0.370 e. The van der Waals surface area contributed by atoms with Crippen molar-refractivity contribution in [3.05, 3.63) is 23.9 Å². The highest BCUT2D eigenvalue weighted by Crippen LogP contribution is 2.17. The molecule has 0 spiro atoms. The standard InChI is InChI=1S/C16H25N5/c17-16(21-10-2-1-3-11-21)19-13-14-6-7-15(18-12-14)20-8-4-5-9-20/h6-7,12H,1-5,8-11,13H2,(H2,17,19). The Morgan fingerprint density at radius 1 is 1.05 bits per heavy atom. The van der Waals surface area contributed by atoms with Crippen LogP contribution in [0.5, 0.6) is 0 Å². The quantitative estimate of drug-likeness (QED) is 0.682. The van der Waals surface area contributed by atoms with Gasteiger partial charge in [-0.1, -0.05) is 6.07 Å². The molecule has 3 heterocycles. The fourth-order valence-corrected chi connectivity index (χ4v) is 3.04. The lowest BCUT2D eigenvalue weighted by Crippen LogP contribution is -2.40. The molecule has 0 bridgehead atoms. The van der Waals surface area contributed by atoms with E-state index in [0.29, 0.717) is 12.5 Å². The van der Waals surface area contributed by atoms with Crippen LogP contribution in [0.2, 0.25) is 0 Å². The highest BCUT2D eigenvalue weighted by molar-refractivity contribution is 5.78. The van der Waals surface area contributed by atoms with Crippen molar-refractivity contribution in [3.63, 3.8) is 0 Å². The molecule has 2 aliphatic heterocycles. The molecule has 0 unspecified atom stereocenters. The number of aliphatic imine (C=N–C) groups is 1. The predicted molar refractivity (Wildman–Crippen MR) is 86.4 cm³/mol. The second-order valence-electron chi connectivity index (χ2n) is 5.94. The second-order valence-corrected chi connectivity index (χ2v) is 5.94. The fourth-order valence-electron chi connectivity index (χ4n) is 3.04. The Hall–Kier alpha value is -1.78. The number of rotatable bonds is 3. The van der Waals surface area contributed by atoms with Crippen LogP contribution in [0.4, 0.5) is 5.82 Å². The third kappa shape index (κ3) is 3.65. The molecule has 21 heavy (non-hydrogen) atoms. The van der Waals surface area contributed by atoms with Crippen molar-refractivity contribution in [2.45, 2.75) is 38.6 Å². The number of hydrogen-bond acceptors (Lipinski definition) is 3. The lowest BCUT2D eigenvalue weighted by molar-refractivity contribution is 0.338. The maximum Gasteiger partial charge on any atom is 0.191 e. The summed E-state index contributed by atoms with van der Waals surface area (Å²) >= 11 is 0. The van der Waals surface area contributed by atoms with Gasteiger partial charge in [0.25, 0.3) is 0 Å². The molecule has 0 amide bonds. The smallest absolute Gasteiger partial charge is 0.191 e. The van der Waals surface area contributed by atoms with Crippen molar-refractivity contribution in [1.82, 2.24) is 9.88 Å². The zero-order chi connectivity index (χ0) is 14.5. The zero-order valence-electron chi connectivity index (χ0n) is 12.7. The molecule has 0 radical (unpaired) electrons. The van der Waals surface area contributed by atoms with Gasteiger partial charge in [-0.2, -0.15) is 0 Å². The first-order valence-corrected chi connectivity index (χ1v) is 8.08. The van der Waals surface area contributed by atoms with Gasteiger partial charge in [-0.25, -0.2) is 9.98 Å². The molecular formula is C16H25N5. The Bertz CT molecular complexity index is 470. The summed E-state index contributed by atoms with van der Waals surface area (Å²) < 4.78 is 0. The van der Waals surface area contributed by atoms with Crippen LogP contribution in [0.15, 0.2) is 23.3 Å². The first-order chi connectivity index (χ1) is 10.3. The van der Waals surface area contributed by atoms with E-state index < -0.39 is 0 Å². The van der Waals surface area contributed by atoms with Crippen LogP contribution in [0.1, 0.15) is 37.7 Å². The lowest BCUT2D eigenvalue weighted by Gasteiger charge is -2.27. The van der Waals surface area contributed by atoms with E-state index in [0.717, 1.165) is 37.6 Å². The summed E-state index contributed by atoms with van der Waals surface area (Å²) in [7, 11) is 0. The van der Waals surface area contributed by atoms with E-state index in [4.69, 9.17) is 5.73 Å². The van der Waals surface area contributed by atoms with Gasteiger partial charge in [-0.15, -0.1) is 0 Å². The molecule has 2 saturated heterocycles. The van der Waals surface area contributed by atoms with Crippen molar-refractivity contribution in [3.8, 4) is 0 Å². The third-order valence-electron chi connectivity index (χ3n) is 4.34. The van der Waals surface area contributed by atoms with Crippen LogP contribution in [-0.2, 0) is 6.54 Å². The minimum atomic E-state index is 0.621. The summed E-state index contributed by atoms with van der Waals surface area (Å²) in [5.74, 6) is 1.77. The number of hydrogen-bond donors (Lipinski definition) is 1. The van der Waals surface area contributed by atoms with Crippen molar-refractivity contribution >= 4 is 11.8 Å². The summed E-state index contributed by atoms with van der Waals surface area (Å²) in [6.45, 7) is 4.97. The number of anilines is 1. The molecule has 3 rings (SSSR count). The summed E-state index contributed by atoms with van der Waals surface area (Å²) in [5, 5.41) is 0. The average Bonchev–Trinajstić information content (AvgIpc) is 3.08. The molecule has 2 fully saturated rings. The second kappa shape index (κ2) is 6.78. The predicted octanol–water partition coefficient (Wildman–Crippen LogP) is 1.98. The molecule has 0 aliphatic carbocycles.